The number of amides is 1. The summed E-state index contributed by atoms with van der Waals surface area (Å²) in [6.45, 7) is 0. The van der Waals surface area contributed by atoms with Crippen molar-refractivity contribution >= 4 is 18.7 Å². The molecule has 0 aromatic heterocycles. The van der Waals surface area contributed by atoms with Crippen molar-refractivity contribution in [1.29, 1.82) is 0 Å². The molecular weight excluding hydrogens is 174 g/mol. The van der Waals surface area contributed by atoms with Crippen molar-refractivity contribution in [3.05, 3.63) is 24.3 Å². The molecule has 1 aromatic carbocycles. The van der Waals surface area contributed by atoms with E-state index in [9.17, 15) is 4.79 Å². The van der Waals surface area contributed by atoms with Crippen LogP contribution in [0.2, 0.25) is 0 Å². The summed E-state index contributed by atoms with van der Waals surface area (Å²) in [5.41, 5.74) is 0. The summed E-state index contributed by atoms with van der Waals surface area (Å²) in [4.78, 5) is 11.5. The van der Waals surface area contributed by atoms with Gasteiger partial charge in [-0.05, 0) is 24.3 Å². The largest absolute Gasteiger partial charge is 0.412 e. The smallest absolute Gasteiger partial charge is 0.410 e. The van der Waals surface area contributed by atoms with E-state index in [1.807, 2.05) is 0 Å². The summed E-state index contributed by atoms with van der Waals surface area (Å²) in [7, 11) is 1.51. The predicted molar refractivity (Wildman–Crippen MR) is 48.8 cm³/mol. The van der Waals surface area contributed by atoms with Gasteiger partial charge < -0.3 is 10.1 Å². The van der Waals surface area contributed by atoms with E-state index in [-0.39, 0.29) is 0 Å². The van der Waals surface area contributed by atoms with Gasteiger partial charge in [-0.2, -0.15) is 0 Å². The van der Waals surface area contributed by atoms with Crippen molar-refractivity contribution in [3.63, 3.8) is 0 Å². The quantitative estimate of drug-likeness (QED) is 0.650. The van der Waals surface area contributed by atoms with Gasteiger partial charge in [0.2, 0.25) is 0 Å². The van der Waals surface area contributed by atoms with Crippen LogP contribution < -0.4 is 10.1 Å². The van der Waals surface area contributed by atoms with Gasteiger partial charge in [-0.15, -0.1) is 12.6 Å². The summed E-state index contributed by atoms with van der Waals surface area (Å²) in [6.07, 6.45) is -0.470. The topological polar surface area (TPSA) is 38.3 Å². The van der Waals surface area contributed by atoms with Crippen molar-refractivity contribution in [2.45, 2.75) is 4.90 Å². The molecule has 0 aliphatic carbocycles. The first-order chi connectivity index (χ1) is 5.72. The van der Waals surface area contributed by atoms with Crippen molar-refractivity contribution in [1.82, 2.24) is 5.32 Å². The lowest BCUT2D eigenvalue weighted by Crippen LogP contribution is -2.21. The monoisotopic (exact) mass is 183 g/mol. The van der Waals surface area contributed by atoms with Crippen LogP contribution in [0.5, 0.6) is 5.75 Å². The van der Waals surface area contributed by atoms with E-state index in [0.717, 1.165) is 4.90 Å². The summed E-state index contributed by atoms with van der Waals surface area (Å²) in [6, 6.07) is 6.86. The molecule has 4 heteroatoms. The van der Waals surface area contributed by atoms with Crippen LogP contribution in [-0.4, -0.2) is 13.1 Å². The Kier molecular flexibility index (Phi) is 2.99. The molecule has 0 heterocycles. The van der Waals surface area contributed by atoms with Gasteiger partial charge in [-0.3, -0.25) is 0 Å². The first-order valence-corrected chi connectivity index (χ1v) is 3.85. The van der Waals surface area contributed by atoms with E-state index in [4.69, 9.17) is 4.74 Å². The van der Waals surface area contributed by atoms with E-state index >= 15 is 0 Å². The Morgan fingerprint density at radius 3 is 2.50 bits per heavy atom. The van der Waals surface area contributed by atoms with Crippen LogP contribution in [0.1, 0.15) is 0 Å². The van der Waals surface area contributed by atoms with Gasteiger partial charge in [-0.25, -0.2) is 4.79 Å². The molecule has 0 spiro atoms. The second-order valence-electron chi connectivity index (χ2n) is 2.13. The maximum absolute atomic E-state index is 10.7. The van der Waals surface area contributed by atoms with Crippen molar-refractivity contribution in [2.75, 3.05) is 7.05 Å². The highest BCUT2D eigenvalue weighted by molar-refractivity contribution is 7.80. The molecule has 1 aromatic rings. The van der Waals surface area contributed by atoms with Crippen LogP contribution in [0.3, 0.4) is 0 Å². The Morgan fingerprint density at radius 1 is 1.42 bits per heavy atom. The molecule has 64 valence electrons. The van der Waals surface area contributed by atoms with E-state index < -0.39 is 6.09 Å². The Bertz CT molecular complexity index is 271. The predicted octanol–water partition coefficient (Wildman–Crippen LogP) is 1.69. The second-order valence-corrected chi connectivity index (χ2v) is 2.65. The van der Waals surface area contributed by atoms with E-state index in [0.29, 0.717) is 5.75 Å². The molecular formula is C8H9NO2S. The minimum absolute atomic E-state index is 0.470. The number of nitrogens with one attached hydrogen (secondary N) is 1. The molecule has 12 heavy (non-hydrogen) atoms. The number of ether oxygens (including phenoxy) is 1. The highest BCUT2D eigenvalue weighted by Gasteiger charge is 1.99. The molecule has 3 nitrogen and oxygen atoms in total. The van der Waals surface area contributed by atoms with Gasteiger partial charge >= 0.3 is 6.09 Å². The third kappa shape index (κ3) is 2.47. The van der Waals surface area contributed by atoms with Crippen molar-refractivity contribution < 1.29 is 9.53 Å². The fraction of sp³-hybridized carbons (Fsp3) is 0.125. The lowest BCUT2D eigenvalue weighted by atomic mass is 10.3. The van der Waals surface area contributed by atoms with Crippen LogP contribution in [0, 0.1) is 0 Å². The van der Waals surface area contributed by atoms with Crippen molar-refractivity contribution in [2.24, 2.45) is 0 Å². The van der Waals surface area contributed by atoms with E-state index in [2.05, 4.69) is 17.9 Å². The lowest BCUT2D eigenvalue weighted by Gasteiger charge is -2.02. The Balaban J connectivity index is 2.64. The molecule has 0 saturated heterocycles. The van der Waals surface area contributed by atoms with E-state index in [1.54, 1.807) is 24.3 Å². The minimum Gasteiger partial charge on any atom is -0.410 e. The Labute approximate surface area is 76.1 Å². The normalized spacial score (nSPS) is 9.17. The third-order valence-electron chi connectivity index (χ3n) is 1.25. The number of benzene rings is 1. The Hall–Kier alpha value is -1.16. The van der Waals surface area contributed by atoms with Crippen LogP contribution >= 0.6 is 12.6 Å². The zero-order valence-corrected chi connectivity index (χ0v) is 7.47. The van der Waals surface area contributed by atoms with Crippen LogP contribution in [-0.2, 0) is 0 Å². The highest BCUT2D eigenvalue weighted by Crippen LogP contribution is 2.13. The molecule has 0 aliphatic rings. The van der Waals surface area contributed by atoms with Gasteiger partial charge in [0, 0.05) is 11.9 Å². The summed E-state index contributed by atoms with van der Waals surface area (Å²) in [5.74, 6) is 0.507. The molecule has 0 radical (unpaired) electrons. The van der Waals surface area contributed by atoms with Gasteiger partial charge in [0.25, 0.3) is 0 Å². The number of hydrogen-bond donors (Lipinski definition) is 2. The third-order valence-corrected chi connectivity index (χ3v) is 1.55. The zero-order chi connectivity index (χ0) is 8.97. The fourth-order valence-corrected chi connectivity index (χ4v) is 0.821. The maximum atomic E-state index is 10.7. The molecule has 0 unspecified atom stereocenters. The Morgan fingerprint density at radius 2 is 2.00 bits per heavy atom. The number of rotatable bonds is 1. The van der Waals surface area contributed by atoms with E-state index in [1.165, 1.54) is 7.05 Å². The average Bonchev–Trinajstić information content (AvgIpc) is 2.09. The number of thiol groups is 1. The molecule has 1 rings (SSSR count). The fourth-order valence-electron chi connectivity index (χ4n) is 0.672. The van der Waals surface area contributed by atoms with Crippen molar-refractivity contribution in [3.8, 4) is 5.75 Å². The summed E-state index contributed by atoms with van der Waals surface area (Å²) in [5, 5.41) is 2.35. The van der Waals surface area contributed by atoms with Gasteiger partial charge in [-0.1, -0.05) is 0 Å². The molecule has 0 saturated carbocycles. The maximum Gasteiger partial charge on any atom is 0.412 e. The second kappa shape index (κ2) is 4.01. The van der Waals surface area contributed by atoms with Gasteiger partial charge in [0.05, 0.1) is 0 Å². The lowest BCUT2D eigenvalue weighted by molar-refractivity contribution is 0.203. The van der Waals surface area contributed by atoms with Gasteiger partial charge in [0.15, 0.2) is 0 Å². The first-order valence-electron chi connectivity index (χ1n) is 3.41. The molecule has 1 N–H and O–H groups in total. The van der Waals surface area contributed by atoms with Crippen LogP contribution in [0.15, 0.2) is 29.2 Å². The van der Waals surface area contributed by atoms with Crippen LogP contribution in [0.4, 0.5) is 4.79 Å². The minimum atomic E-state index is -0.470. The molecule has 1 amide bonds. The zero-order valence-electron chi connectivity index (χ0n) is 6.57. The summed E-state index contributed by atoms with van der Waals surface area (Å²) < 4.78 is 4.83. The molecule has 0 fully saturated rings. The van der Waals surface area contributed by atoms with Crippen LogP contribution in [0.25, 0.3) is 0 Å². The molecule has 0 aliphatic heterocycles. The van der Waals surface area contributed by atoms with Gasteiger partial charge in [0.1, 0.15) is 5.75 Å². The number of hydrogen-bond acceptors (Lipinski definition) is 3. The standard InChI is InChI=1S/C8H9NO2S/c1-9-8(10)11-6-2-4-7(12)5-3-6/h2-5,12H,1H3,(H,9,10). The molecule has 0 bridgehead atoms. The highest BCUT2D eigenvalue weighted by atomic mass is 32.1. The SMILES string of the molecule is CNC(=O)Oc1ccc(S)cc1. The first kappa shape index (κ1) is 8.93. The number of carbonyl (C=O) groups is 1. The molecule has 0 atom stereocenters. The summed E-state index contributed by atoms with van der Waals surface area (Å²) >= 11 is 4.09. The average molecular weight is 183 g/mol. The number of carbonyl (C=O) groups excluding carboxylic acids is 1.